The van der Waals surface area contributed by atoms with Crippen LogP contribution in [0.1, 0.15) is 6.92 Å². The average molecular weight is 194 g/mol. The summed E-state index contributed by atoms with van der Waals surface area (Å²) in [5.74, 6) is -0.963. The average Bonchev–Trinajstić information content (AvgIpc) is 2.06. The van der Waals surface area contributed by atoms with Crippen LogP contribution in [-0.2, 0) is 4.79 Å². The van der Waals surface area contributed by atoms with Gasteiger partial charge in [0.1, 0.15) is 6.04 Å². The fraction of sp³-hybridized carbons (Fsp3) is 0.857. The lowest BCUT2D eigenvalue weighted by atomic mass is 10.4. The first-order valence-electron chi connectivity index (χ1n) is 3.97. The molecule has 80 valence electrons. The summed E-state index contributed by atoms with van der Waals surface area (Å²) in [5, 5.41) is 26.9. The highest BCUT2D eigenvalue weighted by molar-refractivity contribution is 5.72. The third-order valence-electron chi connectivity index (χ3n) is 0.967. The molecule has 0 aliphatic heterocycles. The molecule has 0 unspecified atom stereocenters. The summed E-state index contributed by atoms with van der Waals surface area (Å²) >= 11 is 0. The molecule has 1 atom stereocenters. The molecule has 13 heavy (non-hydrogen) atoms. The molecule has 0 aliphatic carbocycles. The van der Waals surface area contributed by atoms with Crippen molar-refractivity contribution in [3.63, 3.8) is 0 Å². The number of aliphatic carboxylic acids is 1. The molecule has 0 saturated heterocycles. The van der Waals surface area contributed by atoms with Crippen LogP contribution in [0.2, 0.25) is 0 Å². The number of carboxylic acid groups (broad SMARTS) is 1. The quantitative estimate of drug-likeness (QED) is 0.323. The molecule has 0 aliphatic rings. The van der Waals surface area contributed by atoms with Gasteiger partial charge in [-0.25, -0.2) is 0 Å². The van der Waals surface area contributed by atoms with Crippen molar-refractivity contribution in [2.45, 2.75) is 13.0 Å². The van der Waals surface area contributed by atoms with Gasteiger partial charge in [0.05, 0.1) is 13.2 Å². The van der Waals surface area contributed by atoms with Crippen LogP contribution in [0, 0.1) is 0 Å². The molecule has 6 N–H and O–H groups in total. The van der Waals surface area contributed by atoms with Crippen molar-refractivity contribution in [3.8, 4) is 0 Å². The third kappa shape index (κ3) is 18.3. The van der Waals surface area contributed by atoms with Gasteiger partial charge in [-0.05, 0) is 6.92 Å². The third-order valence-corrected chi connectivity index (χ3v) is 0.967. The summed E-state index contributed by atoms with van der Waals surface area (Å²) in [6.07, 6.45) is 0. The van der Waals surface area contributed by atoms with E-state index in [0.717, 1.165) is 0 Å². The van der Waals surface area contributed by atoms with Crippen LogP contribution >= 0.6 is 0 Å². The molecule has 0 aromatic carbocycles. The lowest BCUT2D eigenvalue weighted by molar-refractivity contribution is -0.138. The van der Waals surface area contributed by atoms with E-state index in [1.54, 1.807) is 0 Å². The molecule has 0 spiro atoms. The first-order chi connectivity index (χ1) is 6.06. The van der Waals surface area contributed by atoms with Crippen molar-refractivity contribution in [1.82, 2.24) is 5.32 Å². The Bertz CT molecular complexity index is 115. The zero-order valence-electron chi connectivity index (χ0n) is 7.73. The summed E-state index contributed by atoms with van der Waals surface area (Å²) in [5.41, 5.74) is 4.84. The lowest BCUT2D eigenvalue weighted by Gasteiger charge is -1.94. The standard InChI is InChI=1S/C4H11NO2.C3H7NO2/c6-3-1-5-2-4-7;1-2(4)3(5)6/h5-7H,1-4H2;2H,4H2,1H3,(H,5,6)/t;2-/m.0/s1. The van der Waals surface area contributed by atoms with Gasteiger partial charge in [0, 0.05) is 13.1 Å². The molecule has 0 fully saturated rings. The molecule has 0 amide bonds. The summed E-state index contributed by atoms with van der Waals surface area (Å²) < 4.78 is 0. The lowest BCUT2D eigenvalue weighted by Crippen LogP contribution is -2.25. The smallest absolute Gasteiger partial charge is 0.320 e. The predicted octanol–water partition coefficient (Wildman–Crippen LogP) is -2.02. The van der Waals surface area contributed by atoms with Crippen molar-refractivity contribution in [1.29, 1.82) is 0 Å². The highest BCUT2D eigenvalue weighted by atomic mass is 16.4. The molecule has 0 aromatic rings. The molecule has 6 heteroatoms. The number of hydrogen-bond donors (Lipinski definition) is 5. The van der Waals surface area contributed by atoms with Gasteiger partial charge in [-0.1, -0.05) is 0 Å². The second-order valence-electron chi connectivity index (χ2n) is 2.32. The Morgan fingerprint density at radius 2 is 1.69 bits per heavy atom. The van der Waals surface area contributed by atoms with Crippen molar-refractivity contribution < 1.29 is 20.1 Å². The minimum Gasteiger partial charge on any atom is -0.480 e. The first-order valence-corrected chi connectivity index (χ1v) is 3.97. The monoisotopic (exact) mass is 194 g/mol. The number of hydrogen-bond acceptors (Lipinski definition) is 5. The van der Waals surface area contributed by atoms with Crippen LogP contribution in [0.5, 0.6) is 0 Å². The van der Waals surface area contributed by atoms with Crippen molar-refractivity contribution in [3.05, 3.63) is 0 Å². The maximum absolute atomic E-state index is 9.57. The fourth-order valence-electron chi connectivity index (χ4n) is 0.283. The number of rotatable bonds is 5. The van der Waals surface area contributed by atoms with Crippen LogP contribution in [0.4, 0.5) is 0 Å². The second-order valence-corrected chi connectivity index (χ2v) is 2.32. The largest absolute Gasteiger partial charge is 0.480 e. The van der Waals surface area contributed by atoms with Gasteiger partial charge in [0.25, 0.3) is 0 Å². The normalized spacial score (nSPS) is 11.4. The molecular weight excluding hydrogens is 176 g/mol. The Labute approximate surface area is 77.4 Å². The number of aliphatic hydroxyl groups is 2. The minimum atomic E-state index is -0.963. The summed E-state index contributed by atoms with van der Waals surface area (Å²) in [6.45, 7) is 2.84. The van der Waals surface area contributed by atoms with Gasteiger partial charge in [-0.2, -0.15) is 0 Å². The molecule has 0 saturated carbocycles. The minimum absolute atomic E-state index is 0.139. The van der Waals surface area contributed by atoms with Crippen LogP contribution in [-0.4, -0.2) is 53.6 Å². The van der Waals surface area contributed by atoms with E-state index in [4.69, 9.17) is 21.1 Å². The Balaban J connectivity index is 0. The molecule has 0 rings (SSSR count). The molecule has 0 radical (unpaired) electrons. The Morgan fingerprint density at radius 3 is 1.85 bits per heavy atom. The Kier molecular flexibility index (Phi) is 12.9. The fourth-order valence-corrected chi connectivity index (χ4v) is 0.283. The molecule has 0 bridgehead atoms. The van der Waals surface area contributed by atoms with E-state index < -0.39 is 12.0 Å². The number of nitrogens with two attached hydrogens (primary N) is 1. The van der Waals surface area contributed by atoms with Crippen LogP contribution in [0.15, 0.2) is 0 Å². The van der Waals surface area contributed by atoms with Crippen molar-refractivity contribution in [2.24, 2.45) is 5.73 Å². The van der Waals surface area contributed by atoms with E-state index in [1.807, 2.05) is 0 Å². The zero-order valence-corrected chi connectivity index (χ0v) is 7.73. The topological polar surface area (TPSA) is 116 Å². The summed E-state index contributed by atoms with van der Waals surface area (Å²) in [4.78, 5) is 9.57. The van der Waals surface area contributed by atoms with Crippen molar-refractivity contribution >= 4 is 5.97 Å². The van der Waals surface area contributed by atoms with Crippen molar-refractivity contribution in [2.75, 3.05) is 26.3 Å². The summed E-state index contributed by atoms with van der Waals surface area (Å²) in [6, 6.07) is -0.731. The van der Waals surface area contributed by atoms with Gasteiger partial charge in [-0.3, -0.25) is 4.79 Å². The second kappa shape index (κ2) is 11.3. The summed E-state index contributed by atoms with van der Waals surface area (Å²) in [7, 11) is 0. The zero-order chi connectivity index (χ0) is 10.7. The molecular formula is C7H18N2O4. The van der Waals surface area contributed by atoms with E-state index in [2.05, 4.69) is 5.32 Å². The first kappa shape index (κ1) is 14.8. The predicted molar refractivity (Wildman–Crippen MR) is 48.3 cm³/mol. The Hall–Kier alpha value is -0.690. The number of aliphatic hydroxyl groups excluding tert-OH is 2. The highest BCUT2D eigenvalue weighted by Crippen LogP contribution is 1.68. The van der Waals surface area contributed by atoms with Gasteiger partial charge in [0.2, 0.25) is 0 Å². The highest BCUT2D eigenvalue weighted by Gasteiger charge is 1.99. The van der Waals surface area contributed by atoms with E-state index in [-0.39, 0.29) is 13.2 Å². The van der Waals surface area contributed by atoms with Crippen LogP contribution in [0.25, 0.3) is 0 Å². The van der Waals surface area contributed by atoms with E-state index in [1.165, 1.54) is 6.92 Å². The number of nitrogens with one attached hydrogen (secondary N) is 1. The van der Waals surface area contributed by atoms with Gasteiger partial charge < -0.3 is 26.4 Å². The van der Waals surface area contributed by atoms with Gasteiger partial charge >= 0.3 is 5.97 Å². The number of carbonyl (C=O) groups is 1. The van der Waals surface area contributed by atoms with Gasteiger partial charge in [0.15, 0.2) is 0 Å². The van der Waals surface area contributed by atoms with Gasteiger partial charge in [-0.15, -0.1) is 0 Å². The maximum atomic E-state index is 9.57. The molecule has 0 aromatic heterocycles. The number of carboxylic acids is 1. The SMILES string of the molecule is C[C@H](N)C(=O)O.OCCNCCO. The Morgan fingerprint density at radius 1 is 1.38 bits per heavy atom. The van der Waals surface area contributed by atoms with E-state index >= 15 is 0 Å². The molecule has 0 heterocycles. The molecule has 6 nitrogen and oxygen atoms in total. The van der Waals surface area contributed by atoms with Crippen LogP contribution in [0.3, 0.4) is 0 Å². The maximum Gasteiger partial charge on any atom is 0.320 e. The van der Waals surface area contributed by atoms with Crippen LogP contribution < -0.4 is 11.1 Å². The van der Waals surface area contributed by atoms with E-state index in [0.29, 0.717) is 13.1 Å². The van der Waals surface area contributed by atoms with E-state index in [9.17, 15) is 4.79 Å².